The van der Waals surface area contributed by atoms with E-state index in [-0.39, 0.29) is 11.7 Å². The number of fused-ring (bicyclic) bond motifs is 1. The van der Waals surface area contributed by atoms with Crippen molar-refractivity contribution in [3.8, 4) is 0 Å². The second-order valence-corrected chi connectivity index (χ2v) is 4.75. The predicted octanol–water partition coefficient (Wildman–Crippen LogP) is 1.37. The average molecular weight is 258 g/mol. The monoisotopic (exact) mass is 258 g/mol. The van der Waals surface area contributed by atoms with Gasteiger partial charge in [0.15, 0.2) is 0 Å². The first-order valence-corrected chi connectivity index (χ1v) is 6.15. The van der Waals surface area contributed by atoms with Crippen LogP contribution in [-0.4, -0.2) is 22.3 Å². The topological polar surface area (TPSA) is 75.4 Å². The molecule has 0 fully saturated rings. The van der Waals surface area contributed by atoms with Crippen LogP contribution >= 0.6 is 0 Å². The number of aryl methyl sites for hydroxylation is 1. The highest BCUT2D eigenvalue weighted by atomic mass is 16.5. The van der Waals surface area contributed by atoms with Gasteiger partial charge >= 0.3 is 0 Å². The van der Waals surface area contributed by atoms with Gasteiger partial charge in [-0.25, -0.2) is 0 Å². The number of amides is 1. The number of carbonyl (C=O) groups excluding carboxylic acids is 1. The Balaban J connectivity index is 1.82. The third kappa shape index (κ3) is 2.13. The molecule has 0 aliphatic heterocycles. The van der Waals surface area contributed by atoms with Gasteiger partial charge in [0.1, 0.15) is 0 Å². The van der Waals surface area contributed by atoms with Crippen LogP contribution in [0.1, 0.15) is 33.4 Å². The summed E-state index contributed by atoms with van der Waals surface area (Å²) in [5.74, 6) is -0.199. The van der Waals surface area contributed by atoms with Crippen LogP contribution < -0.4 is 5.32 Å². The molecular weight excluding hydrogens is 244 g/mol. The number of nitrogens with zero attached hydrogens (tertiary/aromatic N) is 1. The molecule has 0 unspecified atom stereocenters. The van der Waals surface area contributed by atoms with Crippen molar-refractivity contribution in [2.45, 2.75) is 25.5 Å². The summed E-state index contributed by atoms with van der Waals surface area (Å²) in [5, 5.41) is 16.5. The largest absolute Gasteiger partial charge is 0.390 e. The summed E-state index contributed by atoms with van der Waals surface area (Å²) < 4.78 is 4.92. The maximum atomic E-state index is 12.0. The Morgan fingerprint density at radius 2 is 2.26 bits per heavy atom. The highest BCUT2D eigenvalue weighted by molar-refractivity contribution is 5.91. The number of hydrogen-bond acceptors (Lipinski definition) is 4. The smallest absolute Gasteiger partial charge is 0.290 e. The number of aliphatic hydroxyl groups excluding tert-OH is 1. The van der Waals surface area contributed by atoms with E-state index in [0.717, 1.165) is 11.1 Å². The molecule has 0 saturated heterocycles. The van der Waals surface area contributed by atoms with Crippen molar-refractivity contribution in [3.05, 3.63) is 52.9 Å². The Morgan fingerprint density at radius 3 is 3.00 bits per heavy atom. The SMILES string of the molecule is Cc1cc(C(=O)N[C@H]2c3ccccc3C[C@H]2O)on1. The normalized spacial score (nSPS) is 21.2. The van der Waals surface area contributed by atoms with E-state index >= 15 is 0 Å². The molecule has 0 saturated carbocycles. The number of rotatable bonds is 2. The summed E-state index contributed by atoms with van der Waals surface area (Å²) in [6.07, 6.45) is -0.0540. The summed E-state index contributed by atoms with van der Waals surface area (Å²) in [7, 11) is 0. The van der Waals surface area contributed by atoms with E-state index < -0.39 is 12.1 Å². The van der Waals surface area contributed by atoms with E-state index in [4.69, 9.17) is 4.52 Å². The van der Waals surface area contributed by atoms with Crippen LogP contribution in [0, 0.1) is 6.92 Å². The van der Waals surface area contributed by atoms with Gasteiger partial charge in [0.05, 0.1) is 17.8 Å². The van der Waals surface area contributed by atoms with Crippen molar-refractivity contribution in [2.75, 3.05) is 0 Å². The number of benzene rings is 1. The van der Waals surface area contributed by atoms with Gasteiger partial charge in [0.2, 0.25) is 5.76 Å². The van der Waals surface area contributed by atoms with Gasteiger partial charge in [-0.3, -0.25) is 4.79 Å². The van der Waals surface area contributed by atoms with E-state index in [2.05, 4.69) is 10.5 Å². The fraction of sp³-hybridized carbons (Fsp3) is 0.286. The zero-order valence-corrected chi connectivity index (χ0v) is 10.5. The molecule has 3 rings (SSSR count). The molecule has 1 aliphatic carbocycles. The molecule has 19 heavy (non-hydrogen) atoms. The van der Waals surface area contributed by atoms with E-state index in [1.807, 2.05) is 24.3 Å². The number of aromatic nitrogens is 1. The van der Waals surface area contributed by atoms with Crippen molar-refractivity contribution in [3.63, 3.8) is 0 Å². The minimum atomic E-state index is -0.606. The van der Waals surface area contributed by atoms with Gasteiger partial charge in [0, 0.05) is 12.5 Å². The molecule has 1 heterocycles. The van der Waals surface area contributed by atoms with Crippen LogP contribution in [0.25, 0.3) is 0 Å². The maximum absolute atomic E-state index is 12.0. The molecular formula is C14H14N2O3. The number of carbonyl (C=O) groups is 1. The lowest BCUT2D eigenvalue weighted by atomic mass is 10.1. The van der Waals surface area contributed by atoms with Crippen molar-refractivity contribution in [1.82, 2.24) is 10.5 Å². The van der Waals surface area contributed by atoms with Gasteiger partial charge in [-0.2, -0.15) is 0 Å². The van der Waals surface area contributed by atoms with Crippen LogP contribution in [0.15, 0.2) is 34.9 Å². The van der Waals surface area contributed by atoms with Crippen LogP contribution in [0.2, 0.25) is 0 Å². The predicted molar refractivity (Wildman–Crippen MR) is 67.6 cm³/mol. The lowest BCUT2D eigenvalue weighted by Gasteiger charge is -2.16. The third-order valence-electron chi connectivity index (χ3n) is 3.34. The fourth-order valence-corrected chi connectivity index (χ4v) is 2.43. The Kier molecular flexibility index (Phi) is 2.83. The summed E-state index contributed by atoms with van der Waals surface area (Å²) >= 11 is 0. The van der Waals surface area contributed by atoms with Gasteiger partial charge in [-0.05, 0) is 18.1 Å². The van der Waals surface area contributed by atoms with Crippen LogP contribution in [0.5, 0.6) is 0 Å². The van der Waals surface area contributed by atoms with Crippen molar-refractivity contribution in [1.29, 1.82) is 0 Å². The summed E-state index contributed by atoms with van der Waals surface area (Å²) in [6, 6.07) is 8.88. The van der Waals surface area contributed by atoms with Gasteiger partial charge in [-0.15, -0.1) is 0 Å². The maximum Gasteiger partial charge on any atom is 0.290 e. The van der Waals surface area contributed by atoms with Gasteiger partial charge in [0.25, 0.3) is 5.91 Å². The second-order valence-electron chi connectivity index (χ2n) is 4.75. The minimum Gasteiger partial charge on any atom is -0.390 e. The average Bonchev–Trinajstić information content (AvgIpc) is 2.95. The van der Waals surface area contributed by atoms with E-state index in [9.17, 15) is 9.90 Å². The van der Waals surface area contributed by atoms with E-state index in [1.165, 1.54) is 0 Å². The molecule has 1 aromatic heterocycles. The second kappa shape index (κ2) is 4.51. The summed E-state index contributed by atoms with van der Waals surface area (Å²) in [5.41, 5.74) is 2.67. The molecule has 2 atom stereocenters. The lowest BCUT2D eigenvalue weighted by Crippen LogP contribution is -2.33. The first kappa shape index (κ1) is 11.9. The first-order chi connectivity index (χ1) is 9.15. The van der Waals surface area contributed by atoms with Gasteiger partial charge < -0.3 is 14.9 Å². The Bertz CT molecular complexity index is 621. The third-order valence-corrected chi connectivity index (χ3v) is 3.34. The summed E-state index contributed by atoms with van der Waals surface area (Å²) in [6.45, 7) is 1.75. The fourth-order valence-electron chi connectivity index (χ4n) is 2.43. The molecule has 5 heteroatoms. The summed E-state index contributed by atoms with van der Waals surface area (Å²) in [4.78, 5) is 12.0. The number of aliphatic hydroxyl groups is 1. The van der Waals surface area contributed by atoms with Crippen LogP contribution in [0.3, 0.4) is 0 Å². The molecule has 1 amide bonds. The van der Waals surface area contributed by atoms with E-state index in [0.29, 0.717) is 12.1 Å². The number of nitrogens with one attached hydrogen (secondary N) is 1. The highest BCUT2D eigenvalue weighted by Gasteiger charge is 2.32. The molecule has 1 aliphatic rings. The first-order valence-electron chi connectivity index (χ1n) is 6.15. The molecule has 2 N–H and O–H groups in total. The Hall–Kier alpha value is -2.14. The Morgan fingerprint density at radius 1 is 1.47 bits per heavy atom. The molecule has 1 aromatic carbocycles. The van der Waals surface area contributed by atoms with Crippen LogP contribution in [-0.2, 0) is 6.42 Å². The molecule has 2 aromatic rings. The highest BCUT2D eigenvalue weighted by Crippen LogP contribution is 2.31. The van der Waals surface area contributed by atoms with Crippen LogP contribution in [0.4, 0.5) is 0 Å². The Labute approximate surface area is 110 Å². The molecule has 5 nitrogen and oxygen atoms in total. The van der Waals surface area contributed by atoms with Crippen molar-refractivity contribution >= 4 is 5.91 Å². The van der Waals surface area contributed by atoms with Crippen molar-refractivity contribution < 1.29 is 14.4 Å². The van der Waals surface area contributed by atoms with E-state index in [1.54, 1.807) is 13.0 Å². The van der Waals surface area contributed by atoms with Gasteiger partial charge in [-0.1, -0.05) is 29.4 Å². The molecule has 0 bridgehead atoms. The molecule has 0 spiro atoms. The quantitative estimate of drug-likeness (QED) is 0.853. The van der Waals surface area contributed by atoms with Crippen molar-refractivity contribution in [2.24, 2.45) is 0 Å². The lowest BCUT2D eigenvalue weighted by molar-refractivity contribution is 0.0823. The standard InChI is InChI=1S/C14H14N2O3/c1-8-6-12(19-16-8)14(18)15-13-10-5-3-2-4-9(10)7-11(13)17/h2-6,11,13,17H,7H2,1H3,(H,15,18)/t11-,13+/m1/s1. The zero-order chi connectivity index (χ0) is 13.4. The number of hydrogen-bond donors (Lipinski definition) is 2. The minimum absolute atomic E-state index is 0.161. The molecule has 0 radical (unpaired) electrons. The zero-order valence-electron chi connectivity index (χ0n) is 10.5. The molecule has 98 valence electrons.